The largest absolute Gasteiger partial charge is 0.296 e. The fourth-order valence-electron chi connectivity index (χ4n) is 3.90. The molecule has 0 unspecified atom stereocenters. The van der Waals surface area contributed by atoms with Gasteiger partial charge in [0.15, 0.2) is 10.9 Å². The molecule has 0 atom stereocenters. The Morgan fingerprint density at radius 2 is 1.26 bits per heavy atom. The van der Waals surface area contributed by atoms with Crippen molar-refractivity contribution < 1.29 is 13.0 Å². The summed E-state index contributed by atoms with van der Waals surface area (Å²) in [5.41, 5.74) is 2.59. The summed E-state index contributed by atoms with van der Waals surface area (Å²) < 4.78 is 34.9. The second-order valence-corrected chi connectivity index (χ2v) is 9.10. The molecule has 35 heavy (non-hydrogen) atoms. The van der Waals surface area contributed by atoms with Crippen molar-refractivity contribution in [2.75, 3.05) is 5.43 Å². The van der Waals surface area contributed by atoms with Gasteiger partial charge < -0.3 is 0 Å². The molecule has 3 aromatic rings. The number of anilines is 1. The van der Waals surface area contributed by atoms with Gasteiger partial charge in [0, 0.05) is 10.8 Å². The molecule has 0 aromatic heterocycles. The van der Waals surface area contributed by atoms with Crippen LogP contribution in [0.4, 0.5) is 11.4 Å². The van der Waals surface area contributed by atoms with E-state index in [1.54, 1.807) is 66.7 Å². The topological polar surface area (TPSA) is 125 Å². The molecule has 0 aliphatic heterocycles. The second-order valence-electron chi connectivity index (χ2n) is 7.71. The van der Waals surface area contributed by atoms with Gasteiger partial charge >= 0.3 is 0 Å². The van der Waals surface area contributed by atoms with Crippen molar-refractivity contribution in [2.24, 2.45) is 10.1 Å². The smallest absolute Gasteiger partial charge is 0.288 e. The van der Waals surface area contributed by atoms with Gasteiger partial charge in [-0.05, 0) is 30.3 Å². The molecular formula is C26H17N3O5S. The van der Waals surface area contributed by atoms with Gasteiger partial charge in [-0.1, -0.05) is 60.7 Å². The monoisotopic (exact) mass is 483 g/mol. The Hall–Kier alpha value is -4.47. The predicted octanol–water partition coefficient (Wildman–Crippen LogP) is 2.57. The third-order valence-electron chi connectivity index (χ3n) is 5.47. The van der Waals surface area contributed by atoms with E-state index >= 15 is 0 Å². The van der Waals surface area contributed by atoms with Crippen LogP contribution >= 0.6 is 0 Å². The number of hydrogen-bond donors (Lipinski definition) is 2. The summed E-state index contributed by atoms with van der Waals surface area (Å²) in [5.74, 6) is 0. The van der Waals surface area contributed by atoms with Crippen LogP contribution in [0.5, 0.6) is 0 Å². The summed E-state index contributed by atoms with van der Waals surface area (Å²) in [7, 11) is -4.86. The zero-order chi connectivity index (χ0) is 24.6. The van der Waals surface area contributed by atoms with Gasteiger partial charge in [0.25, 0.3) is 10.1 Å². The second kappa shape index (κ2) is 8.71. The molecule has 0 amide bonds. The molecule has 0 saturated heterocycles. The lowest BCUT2D eigenvalue weighted by Gasteiger charge is -2.05. The SMILES string of the molecule is O=c1c2c(=Nc3ccccc3)c(S(=O)(=O)O)c/c(=N\Nc3ccccc3)c=2c(=O)c2ccccc12. The molecule has 172 valence electrons. The molecule has 0 radical (unpaired) electrons. The molecule has 0 saturated carbocycles. The fraction of sp³-hybridized carbons (Fsp3) is 0. The number of rotatable bonds is 4. The Balaban J connectivity index is 2.07. The van der Waals surface area contributed by atoms with Gasteiger partial charge in [0.2, 0.25) is 0 Å². The van der Waals surface area contributed by atoms with E-state index in [1.165, 1.54) is 12.1 Å². The van der Waals surface area contributed by atoms with E-state index in [0.717, 1.165) is 6.07 Å². The highest BCUT2D eigenvalue weighted by Gasteiger charge is 2.20. The van der Waals surface area contributed by atoms with Crippen LogP contribution in [0.1, 0.15) is 0 Å². The Morgan fingerprint density at radius 3 is 1.86 bits per heavy atom. The van der Waals surface area contributed by atoms with Crippen LogP contribution in [0.15, 0.2) is 116 Å². The maximum absolute atomic E-state index is 13.6. The highest BCUT2D eigenvalue weighted by molar-refractivity contribution is 7.85. The van der Waals surface area contributed by atoms with E-state index in [0.29, 0.717) is 11.4 Å². The van der Waals surface area contributed by atoms with Gasteiger partial charge in [-0.3, -0.25) is 19.6 Å². The van der Waals surface area contributed by atoms with Crippen LogP contribution in [0.25, 0.3) is 10.8 Å². The van der Waals surface area contributed by atoms with Crippen molar-refractivity contribution in [1.29, 1.82) is 0 Å². The van der Waals surface area contributed by atoms with Gasteiger partial charge in [0.05, 0.1) is 32.5 Å². The van der Waals surface area contributed by atoms with Crippen LogP contribution in [-0.2, 0) is 10.1 Å². The zero-order valence-corrected chi connectivity index (χ0v) is 18.9. The van der Waals surface area contributed by atoms with Crippen molar-refractivity contribution in [3.8, 4) is 0 Å². The molecule has 5 rings (SSSR count). The molecule has 9 heteroatoms. The average Bonchev–Trinajstić information content (AvgIpc) is 2.86. The Bertz CT molecular complexity index is 1980. The van der Waals surface area contributed by atoms with E-state index in [4.69, 9.17) is 0 Å². The Kier molecular flexibility index (Phi) is 5.56. The van der Waals surface area contributed by atoms with E-state index in [1.807, 2.05) is 6.07 Å². The van der Waals surface area contributed by atoms with Crippen LogP contribution in [0.3, 0.4) is 0 Å². The summed E-state index contributed by atoms with van der Waals surface area (Å²) in [5, 5.41) is 3.75. The minimum absolute atomic E-state index is 0.0980. The van der Waals surface area contributed by atoms with Gasteiger partial charge in [-0.25, -0.2) is 4.99 Å². The normalized spacial score (nSPS) is 12.9. The first-order valence-corrected chi connectivity index (χ1v) is 11.9. The Labute approximate surface area is 198 Å². The molecule has 2 aliphatic rings. The number of fused-ring (bicyclic) bond motifs is 1. The third-order valence-corrected chi connectivity index (χ3v) is 6.34. The van der Waals surface area contributed by atoms with Gasteiger partial charge in [-0.15, -0.1) is 0 Å². The fourth-order valence-corrected chi connectivity index (χ4v) is 4.55. The molecule has 2 aliphatic carbocycles. The molecular weight excluding hydrogens is 466 g/mol. The summed E-state index contributed by atoms with van der Waals surface area (Å²) >= 11 is 0. The van der Waals surface area contributed by atoms with Gasteiger partial charge in [0.1, 0.15) is 4.90 Å². The minimum atomic E-state index is -4.86. The number of nitrogens with zero attached hydrogens (tertiary/aromatic N) is 2. The van der Waals surface area contributed by atoms with Crippen molar-refractivity contribution in [3.05, 3.63) is 133 Å². The van der Waals surface area contributed by atoms with Crippen LogP contribution in [0, 0.1) is 10.4 Å². The van der Waals surface area contributed by atoms with E-state index in [-0.39, 0.29) is 31.9 Å². The van der Waals surface area contributed by atoms with Crippen LogP contribution < -0.4 is 27.0 Å². The molecule has 0 heterocycles. The molecule has 0 fully saturated rings. The molecule has 0 spiro atoms. The lowest BCUT2D eigenvalue weighted by Crippen LogP contribution is -2.33. The van der Waals surface area contributed by atoms with E-state index in [2.05, 4.69) is 15.5 Å². The first-order valence-electron chi connectivity index (χ1n) is 10.5. The lowest BCUT2D eigenvalue weighted by molar-refractivity contribution is 0.482. The number of hydrogen-bond acceptors (Lipinski definition) is 7. The van der Waals surface area contributed by atoms with Crippen molar-refractivity contribution in [3.63, 3.8) is 0 Å². The average molecular weight is 484 g/mol. The van der Waals surface area contributed by atoms with Crippen molar-refractivity contribution in [1.82, 2.24) is 0 Å². The number of para-hydroxylation sites is 2. The van der Waals surface area contributed by atoms with Crippen LogP contribution in [0.2, 0.25) is 0 Å². The number of nitrogens with one attached hydrogen (secondary N) is 1. The first-order chi connectivity index (χ1) is 16.8. The molecule has 0 bridgehead atoms. The quantitative estimate of drug-likeness (QED) is 0.299. The number of benzene rings is 3. The highest BCUT2D eigenvalue weighted by atomic mass is 32.2. The highest BCUT2D eigenvalue weighted by Crippen LogP contribution is 2.11. The van der Waals surface area contributed by atoms with E-state index in [9.17, 15) is 22.6 Å². The van der Waals surface area contributed by atoms with Crippen molar-refractivity contribution in [2.45, 2.75) is 4.90 Å². The third kappa shape index (κ3) is 4.14. The first kappa shape index (κ1) is 22.3. The predicted molar refractivity (Wildman–Crippen MR) is 131 cm³/mol. The molecule has 8 nitrogen and oxygen atoms in total. The Morgan fingerprint density at radius 1 is 0.714 bits per heavy atom. The zero-order valence-electron chi connectivity index (χ0n) is 18.0. The summed E-state index contributed by atoms with van der Waals surface area (Å²) in [6, 6.07) is 24.4. The lowest BCUT2D eigenvalue weighted by atomic mass is 10.0. The van der Waals surface area contributed by atoms with Crippen LogP contribution in [-0.4, -0.2) is 13.0 Å². The maximum atomic E-state index is 13.6. The van der Waals surface area contributed by atoms with Crippen molar-refractivity contribution >= 4 is 32.3 Å². The van der Waals surface area contributed by atoms with E-state index < -0.39 is 25.9 Å². The standard InChI is InChI=1S/C26H17N3O5S/c30-25-18-13-7-8-14-19(18)26(31)23-22(25)20(29-28-17-11-5-2-6-12-17)15-21(35(32,33)34)24(23)27-16-9-3-1-4-10-16/h1-15,28H,(H,32,33,34)/b27-24?,29-20+. The summed E-state index contributed by atoms with van der Waals surface area (Å²) in [6.07, 6.45) is 0. The molecule has 3 aromatic carbocycles. The molecule has 2 N–H and O–H groups in total. The summed E-state index contributed by atoms with van der Waals surface area (Å²) in [4.78, 5) is 30.9. The van der Waals surface area contributed by atoms with Gasteiger partial charge in [-0.2, -0.15) is 13.5 Å². The summed E-state index contributed by atoms with van der Waals surface area (Å²) in [6.45, 7) is 0. The maximum Gasteiger partial charge on any atom is 0.296 e. The minimum Gasteiger partial charge on any atom is -0.288 e.